The number of rotatable bonds is 1. The Hall–Kier alpha value is -0.720. The van der Waals surface area contributed by atoms with Crippen LogP contribution in [0.1, 0.15) is 91.8 Å². The Labute approximate surface area is 126 Å². The van der Waals surface area contributed by atoms with Crippen molar-refractivity contribution in [3.8, 4) is 0 Å². The summed E-state index contributed by atoms with van der Waals surface area (Å²) in [5.41, 5.74) is 6.63. The minimum atomic E-state index is 0.173. The maximum absolute atomic E-state index is 2.54. The lowest BCUT2D eigenvalue weighted by atomic mass is 9.72. The van der Waals surface area contributed by atoms with E-state index in [1.807, 2.05) is 0 Å². The molecule has 116 valence electrons. The van der Waals surface area contributed by atoms with E-state index >= 15 is 0 Å². The number of hydrogen-bond donors (Lipinski definition) is 0. The smallest absolute Gasteiger partial charge is 0.0271 e. The molecule has 0 aliphatic carbocycles. The first kappa shape index (κ1) is 17.3. The molecule has 0 bridgehead atoms. The molecule has 1 heterocycles. The summed E-state index contributed by atoms with van der Waals surface area (Å²) in [6, 6.07) is 0. The van der Waals surface area contributed by atoms with E-state index in [4.69, 9.17) is 0 Å². The summed E-state index contributed by atoms with van der Waals surface area (Å²) in [5.74, 6) is 0. The van der Waals surface area contributed by atoms with Gasteiger partial charge in [0.15, 0.2) is 0 Å². The lowest BCUT2D eigenvalue weighted by Gasteiger charge is -2.32. The van der Waals surface area contributed by atoms with Gasteiger partial charge in [-0.1, -0.05) is 62.3 Å². The van der Waals surface area contributed by atoms with Crippen molar-refractivity contribution >= 4 is 0 Å². The first-order chi connectivity index (χ1) is 8.73. The molecule has 0 radical (unpaired) electrons. The summed E-state index contributed by atoms with van der Waals surface area (Å²) in [5, 5.41) is 0. The van der Waals surface area contributed by atoms with Crippen LogP contribution >= 0.6 is 0 Å². The molecule has 1 aromatic rings. The zero-order valence-electron chi connectivity index (χ0n) is 15.7. The highest BCUT2D eigenvalue weighted by Crippen LogP contribution is 2.44. The molecule has 0 saturated heterocycles. The summed E-state index contributed by atoms with van der Waals surface area (Å²) in [6.45, 7) is 26.7. The lowest BCUT2D eigenvalue weighted by Crippen LogP contribution is -2.26. The van der Waals surface area contributed by atoms with Crippen LogP contribution in [0.15, 0.2) is 0 Å². The molecular weight excluding hydrogens is 242 g/mol. The van der Waals surface area contributed by atoms with Crippen LogP contribution in [-0.4, -0.2) is 4.57 Å². The van der Waals surface area contributed by atoms with E-state index in [2.05, 4.69) is 80.7 Å². The van der Waals surface area contributed by atoms with Crippen molar-refractivity contribution in [1.29, 1.82) is 0 Å². The van der Waals surface area contributed by atoms with Gasteiger partial charge in [0.2, 0.25) is 0 Å². The molecule has 0 atom stereocenters. The van der Waals surface area contributed by atoms with Crippen LogP contribution in [0.25, 0.3) is 0 Å². The predicted octanol–water partition coefficient (Wildman–Crippen LogP) is 5.71. The van der Waals surface area contributed by atoms with Crippen LogP contribution in [0.2, 0.25) is 0 Å². The van der Waals surface area contributed by atoms with Crippen LogP contribution in [0, 0.1) is 6.92 Å². The van der Waals surface area contributed by atoms with Crippen LogP contribution in [0.3, 0.4) is 0 Å². The summed E-state index contributed by atoms with van der Waals surface area (Å²) in [6.07, 6.45) is 0. The topological polar surface area (TPSA) is 4.93 Å². The molecule has 0 unspecified atom stereocenters. The van der Waals surface area contributed by atoms with E-state index in [1.165, 1.54) is 11.4 Å². The van der Waals surface area contributed by atoms with Crippen LogP contribution in [-0.2, 0) is 22.8 Å². The molecule has 20 heavy (non-hydrogen) atoms. The maximum Gasteiger partial charge on any atom is 0.0271 e. The molecule has 0 fully saturated rings. The number of nitrogens with zero attached hydrogens (tertiary/aromatic N) is 1. The van der Waals surface area contributed by atoms with Crippen molar-refractivity contribution < 1.29 is 0 Å². The summed E-state index contributed by atoms with van der Waals surface area (Å²) in [4.78, 5) is 0. The van der Waals surface area contributed by atoms with E-state index in [1.54, 1.807) is 11.1 Å². The third-order valence-electron chi connectivity index (χ3n) is 4.05. The van der Waals surface area contributed by atoms with Gasteiger partial charge in [0.25, 0.3) is 0 Å². The van der Waals surface area contributed by atoms with Crippen molar-refractivity contribution in [3.63, 3.8) is 0 Å². The van der Waals surface area contributed by atoms with E-state index in [0.717, 1.165) is 6.54 Å². The molecular formula is C19H35N. The average molecular weight is 277 g/mol. The van der Waals surface area contributed by atoms with Gasteiger partial charge in [-0.25, -0.2) is 0 Å². The highest BCUT2D eigenvalue weighted by molar-refractivity contribution is 5.49. The van der Waals surface area contributed by atoms with Gasteiger partial charge in [-0.15, -0.1) is 0 Å². The molecule has 1 heteroatoms. The fraction of sp³-hybridized carbons (Fsp3) is 0.789. The average Bonchev–Trinajstić information content (AvgIpc) is 2.48. The fourth-order valence-corrected chi connectivity index (χ4v) is 3.56. The Morgan fingerprint density at radius 2 is 1.10 bits per heavy atom. The minimum absolute atomic E-state index is 0.173. The zero-order valence-corrected chi connectivity index (χ0v) is 15.7. The molecule has 0 spiro atoms. The molecule has 1 nitrogen and oxygen atoms in total. The van der Waals surface area contributed by atoms with Crippen molar-refractivity contribution in [2.24, 2.45) is 0 Å². The van der Waals surface area contributed by atoms with Gasteiger partial charge < -0.3 is 4.57 Å². The molecule has 0 amide bonds. The fourth-order valence-electron chi connectivity index (χ4n) is 3.56. The van der Waals surface area contributed by atoms with Crippen molar-refractivity contribution in [1.82, 2.24) is 4.57 Å². The zero-order chi connectivity index (χ0) is 16.1. The molecule has 0 aliphatic rings. The monoisotopic (exact) mass is 277 g/mol. The van der Waals surface area contributed by atoms with Crippen molar-refractivity contribution in [2.75, 3.05) is 0 Å². The highest BCUT2D eigenvalue weighted by atomic mass is 15.0. The molecule has 1 aromatic heterocycles. The Balaban J connectivity index is 3.93. The molecule has 0 aliphatic heterocycles. The van der Waals surface area contributed by atoms with E-state index in [9.17, 15) is 0 Å². The number of hydrogen-bond acceptors (Lipinski definition) is 0. The van der Waals surface area contributed by atoms with Crippen molar-refractivity contribution in [2.45, 2.75) is 99.0 Å². The largest absolute Gasteiger partial charge is 0.348 e. The molecule has 0 aromatic carbocycles. The third kappa shape index (κ3) is 2.97. The maximum atomic E-state index is 2.54. The molecule has 0 N–H and O–H groups in total. The van der Waals surface area contributed by atoms with E-state index in [0.29, 0.717) is 0 Å². The third-order valence-corrected chi connectivity index (χ3v) is 4.05. The standard InChI is InChI=1S/C19H35N/c1-12-20-13(2)14(17(3,4)5)15(18(6,7)8)16(20)19(9,10)11/h12H2,1-11H3. The molecule has 1 rings (SSSR count). The minimum Gasteiger partial charge on any atom is -0.348 e. The van der Waals surface area contributed by atoms with Crippen molar-refractivity contribution in [3.05, 3.63) is 22.5 Å². The Morgan fingerprint density at radius 3 is 1.35 bits per heavy atom. The Kier molecular flexibility index (Phi) is 4.27. The number of aromatic nitrogens is 1. The Morgan fingerprint density at radius 1 is 0.700 bits per heavy atom. The van der Waals surface area contributed by atoms with Gasteiger partial charge in [-0.05, 0) is 35.8 Å². The van der Waals surface area contributed by atoms with Gasteiger partial charge in [0, 0.05) is 23.3 Å². The first-order valence-electron chi connectivity index (χ1n) is 7.97. The normalized spacial score (nSPS) is 13.9. The first-order valence-corrected chi connectivity index (χ1v) is 7.97. The van der Waals surface area contributed by atoms with Gasteiger partial charge in [0.1, 0.15) is 0 Å². The highest BCUT2D eigenvalue weighted by Gasteiger charge is 2.37. The summed E-state index contributed by atoms with van der Waals surface area (Å²) >= 11 is 0. The van der Waals surface area contributed by atoms with Crippen LogP contribution < -0.4 is 0 Å². The van der Waals surface area contributed by atoms with E-state index in [-0.39, 0.29) is 16.2 Å². The van der Waals surface area contributed by atoms with Gasteiger partial charge in [-0.2, -0.15) is 0 Å². The second-order valence-corrected chi connectivity index (χ2v) is 9.18. The second-order valence-electron chi connectivity index (χ2n) is 9.18. The lowest BCUT2D eigenvalue weighted by molar-refractivity contribution is 0.482. The van der Waals surface area contributed by atoms with E-state index < -0.39 is 0 Å². The van der Waals surface area contributed by atoms with Crippen LogP contribution in [0.4, 0.5) is 0 Å². The molecule has 0 saturated carbocycles. The predicted molar refractivity (Wildman–Crippen MR) is 90.9 cm³/mol. The second kappa shape index (κ2) is 4.93. The van der Waals surface area contributed by atoms with Gasteiger partial charge in [0.05, 0.1) is 0 Å². The van der Waals surface area contributed by atoms with Crippen LogP contribution in [0.5, 0.6) is 0 Å². The van der Waals surface area contributed by atoms with Gasteiger partial charge in [-0.3, -0.25) is 0 Å². The SMILES string of the molecule is CCn1c(C)c(C(C)(C)C)c(C(C)(C)C)c1C(C)(C)C. The summed E-state index contributed by atoms with van der Waals surface area (Å²) < 4.78 is 2.54. The summed E-state index contributed by atoms with van der Waals surface area (Å²) in [7, 11) is 0. The Bertz CT molecular complexity index is 482. The van der Waals surface area contributed by atoms with Gasteiger partial charge >= 0.3 is 0 Å². The quantitative estimate of drug-likeness (QED) is 0.619.